The molecule has 2 aliphatic rings. The number of alkyl halides is 2. The van der Waals surface area contributed by atoms with Crippen LogP contribution in [-0.4, -0.2) is 16.7 Å². The van der Waals surface area contributed by atoms with Crippen molar-refractivity contribution in [1.29, 1.82) is 5.41 Å². The van der Waals surface area contributed by atoms with Crippen LogP contribution in [0.15, 0.2) is 162 Å². The maximum Gasteiger partial charge on any atom is 0.299 e. The molecule has 1 aliphatic heterocycles. The Balaban J connectivity index is 1.07. The molecule has 1 heterocycles. The highest BCUT2D eigenvalue weighted by molar-refractivity contribution is 8.14. The van der Waals surface area contributed by atoms with Gasteiger partial charge in [-0.25, -0.2) is 9.98 Å². The summed E-state index contributed by atoms with van der Waals surface area (Å²) in [5, 5.41) is 11.7. The summed E-state index contributed by atoms with van der Waals surface area (Å²) < 4.78 is 32.7. The van der Waals surface area contributed by atoms with Gasteiger partial charge in [0.05, 0.1) is 10.4 Å². The van der Waals surface area contributed by atoms with Crippen LogP contribution in [0, 0.1) is 5.41 Å². The van der Waals surface area contributed by atoms with Gasteiger partial charge in [0.2, 0.25) is 0 Å². The molecule has 0 bridgehead atoms. The van der Waals surface area contributed by atoms with Crippen molar-refractivity contribution >= 4 is 28.5 Å². The number of nitrogens with two attached hydrogens (primary N) is 1. The highest BCUT2D eigenvalue weighted by Gasteiger charge is 2.45. The van der Waals surface area contributed by atoms with Crippen LogP contribution in [0.5, 0.6) is 0 Å². The predicted molar refractivity (Wildman–Crippen MR) is 200 cm³/mol. The van der Waals surface area contributed by atoms with Crippen molar-refractivity contribution in [3.8, 4) is 22.3 Å². The van der Waals surface area contributed by atoms with E-state index in [4.69, 9.17) is 21.1 Å². The Morgan fingerprint density at radius 2 is 1.16 bits per heavy atom. The normalized spacial score (nSPS) is 16.3. The number of hydrogen-bond acceptors (Lipinski definition) is 6. The molecule has 1 aliphatic carbocycles. The van der Waals surface area contributed by atoms with Crippen LogP contribution in [0.25, 0.3) is 22.3 Å². The first-order chi connectivity index (χ1) is 24.3. The van der Waals surface area contributed by atoms with E-state index in [0.717, 1.165) is 27.8 Å². The molecule has 0 radical (unpaired) electrons. The number of thioether (sulfide) groups is 1. The summed E-state index contributed by atoms with van der Waals surface area (Å²) in [5.41, 5.74) is 12.9. The molecule has 2 atom stereocenters. The van der Waals surface area contributed by atoms with E-state index in [-0.39, 0.29) is 11.1 Å². The van der Waals surface area contributed by atoms with Gasteiger partial charge in [0.25, 0.3) is 5.92 Å². The van der Waals surface area contributed by atoms with Crippen molar-refractivity contribution in [2.24, 2.45) is 15.7 Å². The number of benzene rings is 6. The quantitative estimate of drug-likeness (QED) is 0.0895. The first-order valence-corrected chi connectivity index (χ1v) is 17.1. The van der Waals surface area contributed by atoms with Crippen molar-refractivity contribution in [3.63, 3.8) is 0 Å². The Labute approximate surface area is 293 Å². The number of hydrogen-bond donors (Lipinski definition) is 3. The fourth-order valence-corrected chi connectivity index (χ4v) is 7.20. The summed E-state index contributed by atoms with van der Waals surface area (Å²) in [6.45, 7) is 0. The lowest BCUT2D eigenvalue weighted by Crippen LogP contribution is -2.36. The van der Waals surface area contributed by atoms with E-state index in [2.05, 4.69) is 5.32 Å². The zero-order chi connectivity index (χ0) is 34.2. The molecule has 0 saturated carbocycles. The van der Waals surface area contributed by atoms with Gasteiger partial charge in [-0.2, -0.15) is 8.78 Å². The summed E-state index contributed by atoms with van der Waals surface area (Å²) in [4.78, 5) is 9.74. The number of rotatable bonds is 7. The van der Waals surface area contributed by atoms with E-state index in [1.807, 2.05) is 127 Å². The second-order valence-corrected chi connectivity index (χ2v) is 13.3. The van der Waals surface area contributed by atoms with Crippen molar-refractivity contribution in [2.75, 3.05) is 0 Å². The van der Waals surface area contributed by atoms with Crippen LogP contribution < -0.4 is 11.1 Å². The molecule has 8 rings (SSSR count). The molecule has 8 heteroatoms. The Bertz CT molecular complexity index is 2270. The van der Waals surface area contributed by atoms with Crippen molar-refractivity contribution in [1.82, 2.24) is 5.32 Å². The SMILES string of the molecule is N=C(SC(N)c1ccc(-c2ccc3c(c2)C(F)(F)c2cc(C4=NC(c5ccccc5)N=C(c5ccccc5)N4)ccc2-3)cc1)c1ccccc1. The molecule has 0 spiro atoms. The summed E-state index contributed by atoms with van der Waals surface area (Å²) in [6.07, 6.45) is -0.522. The van der Waals surface area contributed by atoms with Gasteiger partial charge < -0.3 is 11.1 Å². The number of fused-ring (bicyclic) bond motifs is 3. The molecule has 6 aromatic carbocycles. The molecule has 50 heavy (non-hydrogen) atoms. The largest absolute Gasteiger partial charge is 0.324 e. The van der Waals surface area contributed by atoms with E-state index < -0.39 is 17.5 Å². The third kappa shape index (κ3) is 5.93. The molecule has 0 aromatic heterocycles. The van der Waals surface area contributed by atoms with Crippen LogP contribution in [0.4, 0.5) is 8.78 Å². The van der Waals surface area contributed by atoms with E-state index in [1.165, 1.54) is 11.8 Å². The van der Waals surface area contributed by atoms with Crippen molar-refractivity contribution < 1.29 is 8.78 Å². The summed E-state index contributed by atoms with van der Waals surface area (Å²) >= 11 is 1.27. The standard InChI is InChI=1S/C42H31F2N5S/c43-42(44)35-24-31(26-16-18-28(19-17-26)38(46)50-37(45)27-10-4-1-5-11-27)20-22-33(35)34-23-21-32(25-36(34)42)41-48-39(29-12-6-2-7-13-29)47-40(49-41)30-14-8-3-9-15-30/h1-25,38-39,45H,46H2,(H,47,48,49). The number of halogens is 2. The molecule has 0 fully saturated rings. The van der Waals surface area contributed by atoms with E-state index >= 15 is 8.78 Å². The Kier molecular flexibility index (Phi) is 8.18. The van der Waals surface area contributed by atoms with Crippen LogP contribution in [-0.2, 0) is 5.92 Å². The van der Waals surface area contributed by atoms with Crippen molar-refractivity contribution in [3.05, 3.63) is 191 Å². The molecule has 0 amide bonds. The molecule has 6 aromatic rings. The average Bonchev–Trinajstić information content (AvgIpc) is 3.40. The van der Waals surface area contributed by atoms with Gasteiger partial charge in [-0.15, -0.1) is 0 Å². The third-order valence-corrected chi connectivity index (χ3v) is 10.0. The molecule has 244 valence electrons. The number of aliphatic imine (C=N–C) groups is 2. The molecular weight excluding hydrogens is 645 g/mol. The first-order valence-electron chi connectivity index (χ1n) is 16.2. The molecular formula is C42H31F2N5S. The van der Waals surface area contributed by atoms with Crippen LogP contribution in [0.2, 0.25) is 0 Å². The summed E-state index contributed by atoms with van der Waals surface area (Å²) in [7, 11) is 0. The van der Waals surface area contributed by atoms with Crippen LogP contribution in [0.1, 0.15) is 50.5 Å². The van der Waals surface area contributed by atoms with Crippen LogP contribution in [0.3, 0.4) is 0 Å². The number of amidine groups is 2. The molecule has 5 nitrogen and oxygen atoms in total. The summed E-state index contributed by atoms with van der Waals surface area (Å²) in [6, 6.07) is 46.9. The number of nitrogens with zero attached hydrogens (tertiary/aromatic N) is 2. The van der Waals surface area contributed by atoms with Crippen molar-refractivity contribution in [2.45, 2.75) is 17.5 Å². The Hall–Kier alpha value is -5.70. The second-order valence-electron chi connectivity index (χ2n) is 12.2. The van der Waals surface area contributed by atoms with Gasteiger partial charge in [0.1, 0.15) is 11.7 Å². The summed E-state index contributed by atoms with van der Waals surface area (Å²) in [5.74, 6) is -2.10. The van der Waals surface area contributed by atoms with E-state index in [0.29, 0.717) is 39.0 Å². The lowest BCUT2D eigenvalue weighted by Gasteiger charge is -2.23. The maximum atomic E-state index is 16.4. The fraction of sp³-hybridized carbons (Fsp3) is 0.0714. The smallest absolute Gasteiger partial charge is 0.299 e. The zero-order valence-electron chi connectivity index (χ0n) is 26.7. The van der Waals surface area contributed by atoms with Gasteiger partial charge in [-0.05, 0) is 45.5 Å². The van der Waals surface area contributed by atoms with Gasteiger partial charge >= 0.3 is 0 Å². The number of nitrogens with one attached hydrogen (secondary N) is 2. The van der Waals surface area contributed by atoms with E-state index in [1.54, 1.807) is 24.3 Å². The highest BCUT2D eigenvalue weighted by atomic mass is 32.2. The van der Waals surface area contributed by atoms with Gasteiger partial charge in [-0.1, -0.05) is 151 Å². The lowest BCUT2D eigenvalue weighted by molar-refractivity contribution is 0.0480. The van der Waals surface area contributed by atoms with Gasteiger partial charge in [0, 0.05) is 27.8 Å². The zero-order valence-corrected chi connectivity index (χ0v) is 27.5. The van der Waals surface area contributed by atoms with E-state index in [9.17, 15) is 0 Å². The highest BCUT2D eigenvalue weighted by Crippen LogP contribution is 2.52. The van der Waals surface area contributed by atoms with Gasteiger partial charge in [0.15, 0.2) is 6.17 Å². The fourth-order valence-electron chi connectivity index (χ4n) is 6.38. The first kappa shape index (κ1) is 31.6. The molecule has 2 unspecified atom stereocenters. The Morgan fingerprint density at radius 3 is 1.80 bits per heavy atom. The molecule has 0 saturated heterocycles. The average molecular weight is 676 g/mol. The monoisotopic (exact) mass is 675 g/mol. The lowest BCUT2D eigenvalue weighted by atomic mass is 9.97. The van der Waals surface area contributed by atoms with Crippen LogP contribution >= 0.6 is 11.8 Å². The minimum absolute atomic E-state index is 0.0259. The predicted octanol–water partition coefficient (Wildman–Crippen LogP) is 9.69. The minimum Gasteiger partial charge on any atom is -0.324 e. The Morgan fingerprint density at radius 1 is 0.640 bits per heavy atom. The topological polar surface area (TPSA) is 86.6 Å². The van der Waals surface area contributed by atoms with Gasteiger partial charge in [-0.3, -0.25) is 5.41 Å². The third-order valence-electron chi connectivity index (χ3n) is 9.02. The molecule has 4 N–H and O–H groups in total. The maximum absolute atomic E-state index is 16.4. The second kappa shape index (κ2) is 13.0. The minimum atomic E-state index is -3.21.